The number of hydrogen-bond acceptors (Lipinski definition) is 4. The quantitative estimate of drug-likeness (QED) is 0.370. The molecular formula is C22H17BrClF3N2O3S. The zero-order valence-corrected chi connectivity index (χ0v) is 20.2. The summed E-state index contributed by atoms with van der Waals surface area (Å²) in [6.45, 7) is 1.41. The Labute approximate surface area is 202 Å². The van der Waals surface area contributed by atoms with Crippen molar-refractivity contribution in [2.45, 2.75) is 22.9 Å². The molecule has 0 aliphatic heterocycles. The molecule has 0 aromatic heterocycles. The number of aryl methyl sites for hydroxylation is 1. The van der Waals surface area contributed by atoms with Gasteiger partial charge in [0.05, 0.1) is 33.4 Å². The van der Waals surface area contributed by atoms with Gasteiger partial charge in [0, 0.05) is 4.47 Å². The second-order valence-electron chi connectivity index (χ2n) is 7.03. The molecule has 0 aliphatic rings. The maximum Gasteiger partial charge on any atom is 0.416 e. The van der Waals surface area contributed by atoms with E-state index in [4.69, 9.17) is 11.6 Å². The van der Waals surface area contributed by atoms with E-state index in [1.807, 2.05) is 6.92 Å². The molecule has 0 unspecified atom stereocenters. The fourth-order valence-corrected chi connectivity index (χ4v) is 5.58. The van der Waals surface area contributed by atoms with Crippen molar-refractivity contribution in [1.29, 1.82) is 0 Å². The van der Waals surface area contributed by atoms with Gasteiger partial charge in [0.25, 0.3) is 0 Å². The lowest BCUT2D eigenvalue weighted by Crippen LogP contribution is -2.23. The van der Waals surface area contributed by atoms with Crippen molar-refractivity contribution >= 4 is 54.7 Å². The van der Waals surface area contributed by atoms with E-state index < -0.39 is 34.0 Å². The monoisotopic (exact) mass is 560 g/mol. The number of anilines is 2. The van der Waals surface area contributed by atoms with Gasteiger partial charge >= 0.3 is 6.18 Å². The van der Waals surface area contributed by atoms with Gasteiger partial charge in [0.1, 0.15) is 4.90 Å². The molecule has 0 radical (unpaired) electrons. The summed E-state index contributed by atoms with van der Waals surface area (Å²) >= 11 is 9.15. The summed E-state index contributed by atoms with van der Waals surface area (Å²) < 4.78 is 65.5. The molecule has 11 heteroatoms. The molecule has 0 saturated carbocycles. The molecule has 0 fully saturated rings. The van der Waals surface area contributed by atoms with Crippen LogP contribution in [0.15, 0.2) is 74.9 Å². The van der Waals surface area contributed by atoms with E-state index in [1.165, 1.54) is 18.2 Å². The van der Waals surface area contributed by atoms with Crippen LogP contribution in [0, 0.1) is 6.92 Å². The average molecular weight is 562 g/mol. The van der Waals surface area contributed by atoms with Crippen LogP contribution in [0.1, 0.15) is 11.1 Å². The van der Waals surface area contributed by atoms with Crippen molar-refractivity contribution < 1.29 is 26.4 Å². The topological polar surface area (TPSA) is 75.3 Å². The fraction of sp³-hybridized carbons (Fsp3) is 0.136. The van der Waals surface area contributed by atoms with E-state index in [-0.39, 0.29) is 30.7 Å². The van der Waals surface area contributed by atoms with Gasteiger partial charge in [-0.2, -0.15) is 13.2 Å². The summed E-state index contributed by atoms with van der Waals surface area (Å²) in [5.74, 6) is -0.713. The minimum Gasteiger partial charge on any atom is -0.375 e. The van der Waals surface area contributed by atoms with E-state index >= 15 is 0 Å². The lowest BCUT2D eigenvalue weighted by atomic mass is 10.2. The summed E-state index contributed by atoms with van der Waals surface area (Å²) in [5, 5.41) is 4.98. The first-order valence-corrected chi connectivity index (χ1v) is 12.1. The molecule has 3 aromatic carbocycles. The molecule has 174 valence electrons. The second-order valence-corrected chi connectivity index (χ2v) is 10.2. The zero-order valence-electron chi connectivity index (χ0n) is 17.0. The molecular weight excluding hydrogens is 545 g/mol. The highest BCUT2D eigenvalue weighted by molar-refractivity contribution is 9.10. The largest absolute Gasteiger partial charge is 0.416 e. The lowest BCUT2D eigenvalue weighted by Gasteiger charge is -2.15. The van der Waals surface area contributed by atoms with Crippen LogP contribution in [-0.4, -0.2) is 20.9 Å². The molecule has 0 bridgehead atoms. The third kappa shape index (κ3) is 5.87. The van der Waals surface area contributed by atoms with Gasteiger partial charge in [-0.05, 0) is 65.3 Å². The number of nitrogens with one attached hydrogen (secondary N) is 2. The lowest BCUT2D eigenvalue weighted by molar-refractivity contribution is -0.137. The van der Waals surface area contributed by atoms with Crippen LogP contribution in [0.25, 0.3) is 0 Å². The Kier molecular flexibility index (Phi) is 7.40. The first kappa shape index (κ1) is 25.1. The molecule has 0 heterocycles. The molecule has 33 heavy (non-hydrogen) atoms. The van der Waals surface area contributed by atoms with Crippen LogP contribution in [0.2, 0.25) is 5.02 Å². The predicted octanol–water partition coefficient (Wildman–Crippen LogP) is 6.31. The van der Waals surface area contributed by atoms with Crippen molar-refractivity contribution in [3.05, 3.63) is 81.3 Å². The maximum absolute atomic E-state index is 13.2. The Morgan fingerprint density at radius 3 is 2.33 bits per heavy atom. The Morgan fingerprint density at radius 1 is 1.03 bits per heavy atom. The number of carbonyl (C=O) groups is 1. The van der Waals surface area contributed by atoms with E-state index in [0.717, 1.165) is 23.8 Å². The van der Waals surface area contributed by atoms with Crippen molar-refractivity contribution in [2.75, 3.05) is 17.2 Å². The smallest absolute Gasteiger partial charge is 0.375 e. The van der Waals surface area contributed by atoms with Crippen LogP contribution < -0.4 is 10.6 Å². The molecule has 2 N–H and O–H groups in total. The standard InChI is InChI=1S/C22H17BrClF3N2O3S/c1-13-5-8-15(9-6-13)33(31,32)21-16(23)3-2-4-18(21)28-12-20(30)29-19-11-14(22(25,26)27)7-10-17(19)24/h2-11,28H,12H2,1H3,(H,29,30). The number of halogens is 5. The molecule has 0 saturated heterocycles. The van der Waals surface area contributed by atoms with Gasteiger partial charge < -0.3 is 10.6 Å². The van der Waals surface area contributed by atoms with Crippen molar-refractivity contribution in [2.24, 2.45) is 0 Å². The minimum absolute atomic E-state index is 0.0681. The van der Waals surface area contributed by atoms with Crippen LogP contribution in [0.3, 0.4) is 0 Å². The van der Waals surface area contributed by atoms with Crippen molar-refractivity contribution in [1.82, 2.24) is 0 Å². The third-order valence-electron chi connectivity index (χ3n) is 4.57. The van der Waals surface area contributed by atoms with E-state index in [2.05, 4.69) is 26.6 Å². The SMILES string of the molecule is Cc1ccc(S(=O)(=O)c2c(Br)cccc2NCC(=O)Nc2cc(C(F)(F)F)ccc2Cl)cc1. The van der Waals surface area contributed by atoms with Crippen LogP contribution in [0.5, 0.6) is 0 Å². The average Bonchev–Trinajstić information content (AvgIpc) is 2.73. The number of hydrogen-bond donors (Lipinski definition) is 2. The highest BCUT2D eigenvalue weighted by Gasteiger charge is 2.31. The first-order valence-electron chi connectivity index (χ1n) is 9.40. The Balaban J connectivity index is 1.83. The fourth-order valence-electron chi connectivity index (χ4n) is 2.92. The van der Waals surface area contributed by atoms with Crippen LogP contribution in [0.4, 0.5) is 24.5 Å². The number of benzene rings is 3. The van der Waals surface area contributed by atoms with Crippen molar-refractivity contribution in [3.8, 4) is 0 Å². The van der Waals surface area contributed by atoms with Crippen molar-refractivity contribution in [3.63, 3.8) is 0 Å². The summed E-state index contributed by atoms with van der Waals surface area (Å²) in [6.07, 6.45) is -4.60. The number of carbonyl (C=O) groups excluding carboxylic acids is 1. The first-order chi connectivity index (χ1) is 15.4. The minimum atomic E-state index is -4.60. The highest BCUT2D eigenvalue weighted by atomic mass is 79.9. The molecule has 0 atom stereocenters. The van der Waals surface area contributed by atoms with Gasteiger partial charge in [0.2, 0.25) is 15.7 Å². The summed E-state index contributed by atoms with van der Waals surface area (Å²) in [6, 6.07) is 13.5. The molecule has 1 amide bonds. The van der Waals surface area contributed by atoms with E-state index in [0.29, 0.717) is 0 Å². The number of rotatable bonds is 6. The normalized spacial score (nSPS) is 11.8. The maximum atomic E-state index is 13.2. The van der Waals surface area contributed by atoms with E-state index in [1.54, 1.807) is 24.3 Å². The molecule has 3 aromatic rings. The number of sulfone groups is 1. The van der Waals surface area contributed by atoms with Gasteiger partial charge in [0.15, 0.2) is 0 Å². The Morgan fingerprint density at radius 2 is 1.70 bits per heavy atom. The van der Waals surface area contributed by atoms with Gasteiger partial charge in [-0.15, -0.1) is 0 Å². The molecule has 3 rings (SSSR count). The summed E-state index contributed by atoms with van der Waals surface area (Å²) in [7, 11) is -3.94. The van der Waals surface area contributed by atoms with Gasteiger partial charge in [-0.1, -0.05) is 35.4 Å². The van der Waals surface area contributed by atoms with E-state index in [9.17, 15) is 26.4 Å². The van der Waals surface area contributed by atoms with Gasteiger partial charge in [-0.25, -0.2) is 8.42 Å². The van der Waals surface area contributed by atoms with Gasteiger partial charge in [-0.3, -0.25) is 4.79 Å². The van der Waals surface area contributed by atoms with Crippen LogP contribution >= 0.6 is 27.5 Å². The summed E-state index contributed by atoms with van der Waals surface area (Å²) in [4.78, 5) is 12.4. The van der Waals surface area contributed by atoms with Crippen LogP contribution in [-0.2, 0) is 20.8 Å². The number of alkyl halides is 3. The molecule has 0 spiro atoms. The predicted molar refractivity (Wildman–Crippen MR) is 124 cm³/mol. The highest BCUT2D eigenvalue weighted by Crippen LogP contribution is 2.35. The number of amides is 1. The Bertz CT molecular complexity index is 1300. The Hall–Kier alpha value is -2.56. The third-order valence-corrected chi connectivity index (χ3v) is 7.70. The zero-order chi connectivity index (χ0) is 24.4. The summed E-state index contributed by atoms with van der Waals surface area (Å²) in [5.41, 5.74) is -0.131. The second kappa shape index (κ2) is 9.74. The molecule has 0 aliphatic carbocycles. The molecule has 5 nitrogen and oxygen atoms in total.